The van der Waals surface area contributed by atoms with Crippen LogP contribution in [0.25, 0.3) is 17.3 Å². The lowest BCUT2D eigenvalue weighted by molar-refractivity contribution is -0.115. The number of amides is 2. The molecule has 0 spiro atoms. The number of carbonyl (C=O) groups is 2. The second kappa shape index (κ2) is 10.3. The van der Waals surface area contributed by atoms with Gasteiger partial charge in [0.15, 0.2) is 0 Å². The predicted molar refractivity (Wildman–Crippen MR) is 134 cm³/mol. The van der Waals surface area contributed by atoms with Crippen molar-refractivity contribution in [1.29, 1.82) is 0 Å². The monoisotopic (exact) mass is 491 g/mol. The van der Waals surface area contributed by atoms with Crippen LogP contribution in [0.3, 0.4) is 0 Å². The number of nitrogen functional groups attached to an aromatic ring is 1. The van der Waals surface area contributed by atoms with E-state index in [1.807, 2.05) is 18.2 Å². The number of rotatable bonds is 7. The second-order valence-electron chi connectivity index (χ2n) is 8.45. The van der Waals surface area contributed by atoms with Gasteiger partial charge in [-0.1, -0.05) is 6.07 Å². The van der Waals surface area contributed by atoms with Crippen molar-refractivity contribution >= 4 is 40.8 Å². The highest BCUT2D eigenvalue weighted by Crippen LogP contribution is 2.26. The Morgan fingerprint density at radius 1 is 1.20 bits per heavy atom. The number of thioether (sulfide) groups is 1. The summed E-state index contributed by atoms with van der Waals surface area (Å²) >= 11 is 0.883. The molecular weight excluding hydrogens is 466 g/mol. The van der Waals surface area contributed by atoms with Crippen LogP contribution in [0.5, 0.6) is 0 Å². The number of anilines is 2. The summed E-state index contributed by atoms with van der Waals surface area (Å²) in [6.07, 6.45) is 8.64. The Morgan fingerprint density at radius 3 is 2.80 bits per heavy atom. The van der Waals surface area contributed by atoms with E-state index in [4.69, 9.17) is 10.2 Å². The van der Waals surface area contributed by atoms with Crippen LogP contribution in [0.4, 0.5) is 16.6 Å². The maximum Gasteiger partial charge on any atom is 0.290 e. The molecule has 2 aliphatic heterocycles. The number of aromatic nitrogens is 3. The molecule has 0 aliphatic carbocycles. The normalized spacial score (nSPS) is 17.8. The number of hydrogen-bond donors (Lipinski definition) is 3. The molecule has 0 bridgehead atoms. The van der Waals surface area contributed by atoms with Crippen molar-refractivity contribution in [3.63, 3.8) is 0 Å². The first-order chi connectivity index (χ1) is 17.0. The average Bonchev–Trinajstić information content (AvgIpc) is 3.50. The lowest BCUT2D eigenvalue weighted by Gasteiger charge is -2.32. The molecule has 4 N–H and O–H groups in total. The van der Waals surface area contributed by atoms with Gasteiger partial charge < -0.3 is 20.4 Å². The van der Waals surface area contributed by atoms with E-state index in [9.17, 15) is 9.59 Å². The number of carbonyl (C=O) groups excluding carboxylic acids is 2. The lowest BCUT2D eigenvalue weighted by atomic mass is 9.97. The molecule has 2 aliphatic rings. The molecule has 11 heteroatoms. The molecule has 2 saturated heterocycles. The average molecular weight is 492 g/mol. The van der Waals surface area contributed by atoms with Gasteiger partial charge in [-0.05, 0) is 66.9 Å². The van der Waals surface area contributed by atoms with E-state index in [1.54, 1.807) is 30.9 Å². The molecule has 0 unspecified atom stereocenters. The zero-order chi connectivity index (χ0) is 24.2. The molecule has 5 rings (SSSR count). The van der Waals surface area contributed by atoms with Gasteiger partial charge in [-0.2, -0.15) is 0 Å². The van der Waals surface area contributed by atoms with Gasteiger partial charge in [-0.25, -0.2) is 15.0 Å². The number of nitrogens with one attached hydrogen (secondary N) is 2. The fourth-order valence-corrected chi connectivity index (χ4v) is 4.86. The van der Waals surface area contributed by atoms with E-state index in [0.717, 1.165) is 61.1 Å². The van der Waals surface area contributed by atoms with Gasteiger partial charge in [0.25, 0.3) is 11.1 Å². The van der Waals surface area contributed by atoms with Crippen LogP contribution in [-0.2, 0) is 11.3 Å². The summed E-state index contributed by atoms with van der Waals surface area (Å²) in [6.45, 7) is 3.30. The van der Waals surface area contributed by atoms with Gasteiger partial charge in [0.2, 0.25) is 5.95 Å². The third-order valence-corrected chi connectivity index (χ3v) is 6.84. The van der Waals surface area contributed by atoms with E-state index >= 15 is 0 Å². The van der Waals surface area contributed by atoms with Crippen LogP contribution in [0.15, 0.2) is 52.3 Å². The van der Waals surface area contributed by atoms with Crippen LogP contribution in [0, 0.1) is 5.92 Å². The highest BCUT2D eigenvalue weighted by molar-refractivity contribution is 8.18. The Hall–Kier alpha value is -3.70. The maximum atomic E-state index is 11.8. The number of pyridine rings is 1. The van der Waals surface area contributed by atoms with Gasteiger partial charge in [0.1, 0.15) is 5.82 Å². The molecule has 0 atom stereocenters. The molecule has 2 fully saturated rings. The van der Waals surface area contributed by atoms with Crippen molar-refractivity contribution in [2.24, 2.45) is 5.92 Å². The summed E-state index contributed by atoms with van der Waals surface area (Å²) in [6, 6.07) is 7.44. The Kier molecular flexibility index (Phi) is 6.77. The number of hydrogen-bond acceptors (Lipinski definition) is 10. The number of furan rings is 1. The topological polar surface area (TPSA) is 139 Å². The predicted octanol–water partition coefficient (Wildman–Crippen LogP) is 3.04. The number of nitrogens with two attached hydrogens (primary N) is 1. The van der Waals surface area contributed by atoms with Crippen molar-refractivity contribution in [1.82, 2.24) is 25.6 Å². The van der Waals surface area contributed by atoms with Crippen LogP contribution in [0.2, 0.25) is 0 Å². The minimum Gasteiger partial charge on any atom is -0.472 e. The molecule has 0 radical (unpaired) electrons. The van der Waals surface area contributed by atoms with Crippen molar-refractivity contribution < 1.29 is 14.0 Å². The quantitative estimate of drug-likeness (QED) is 0.423. The lowest BCUT2D eigenvalue weighted by Crippen LogP contribution is -2.38. The SMILES string of the molecule is Nc1ccc(CNCC2CCN(c3nccc(/C=C4\SC(=O)NC4=O)n3)CC2)c(-c2ccoc2)n1. The maximum absolute atomic E-state index is 11.8. The Balaban J connectivity index is 1.14. The second-order valence-corrected chi connectivity index (χ2v) is 9.47. The molecule has 5 heterocycles. The smallest absolute Gasteiger partial charge is 0.290 e. The number of nitrogens with zero attached hydrogens (tertiary/aromatic N) is 4. The zero-order valence-electron chi connectivity index (χ0n) is 18.9. The summed E-state index contributed by atoms with van der Waals surface area (Å²) in [4.78, 5) is 39.1. The van der Waals surface area contributed by atoms with Crippen LogP contribution < -0.4 is 21.3 Å². The van der Waals surface area contributed by atoms with Crippen molar-refractivity contribution in [3.05, 3.63) is 59.2 Å². The van der Waals surface area contributed by atoms with E-state index in [-0.39, 0.29) is 11.1 Å². The molecule has 3 aromatic rings. The Labute approximate surface area is 206 Å². The summed E-state index contributed by atoms with van der Waals surface area (Å²) in [5.41, 5.74) is 9.33. The van der Waals surface area contributed by atoms with Gasteiger partial charge in [-0.3, -0.25) is 14.9 Å². The third-order valence-electron chi connectivity index (χ3n) is 6.03. The van der Waals surface area contributed by atoms with Gasteiger partial charge in [0, 0.05) is 31.4 Å². The van der Waals surface area contributed by atoms with Crippen LogP contribution in [0.1, 0.15) is 24.1 Å². The summed E-state index contributed by atoms with van der Waals surface area (Å²) < 4.78 is 5.21. The molecule has 0 saturated carbocycles. The van der Waals surface area contributed by atoms with E-state index < -0.39 is 0 Å². The fraction of sp³-hybridized carbons (Fsp3) is 0.292. The van der Waals surface area contributed by atoms with Crippen molar-refractivity contribution in [3.8, 4) is 11.3 Å². The highest BCUT2D eigenvalue weighted by atomic mass is 32.2. The van der Waals surface area contributed by atoms with Gasteiger partial charge in [-0.15, -0.1) is 0 Å². The van der Waals surface area contributed by atoms with Crippen molar-refractivity contribution in [2.45, 2.75) is 19.4 Å². The largest absolute Gasteiger partial charge is 0.472 e. The summed E-state index contributed by atoms with van der Waals surface area (Å²) in [5.74, 6) is 1.28. The molecule has 180 valence electrons. The van der Waals surface area contributed by atoms with Crippen LogP contribution >= 0.6 is 11.8 Å². The third kappa shape index (κ3) is 5.52. The zero-order valence-corrected chi connectivity index (χ0v) is 19.8. The van der Waals surface area contributed by atoms with E-state index in [0.29, 0.717) is 34.8 Å². The summed E-state index contributed by atoms with van der Waals surface area (Å²) in [5, 5.41) is 5.46. The molecule has 3 aromatic heterocycles. The minimum atomic E-state index is -0.389. The first kappa shape index (κ1) is 23.1. The highest BCUT2D eigenvalue weighted by Gasteiger charge is 2.26. The van der Waals surface area contributed by atoms with Crippen molar-refractivity contribution in [2.75, 3.05) is 30.3 Å². The first-order valence-corrected chi connectivity index (χ1v) is 12.2. The minimum absolute atomic E-state index is 0.344. The number of piperidine rings is 1. The van der Waals surface area contributed by atoms with Gasteiger partial charge in [0.05, 0.1) is 28.8 Å². The molecule has 10 nitrogen and oxygen atoms in total. The molecule has 2 amide bonds. The fourth-order valence-electron chi connectivity index (χ4n) is 4.19. The van der Waals surface area contributed by atoms with E-state index in [2.05, 4.69) is 30.5 Å². The Bertz CT molecular complexity index is 1250. The molecule has 0 aromatic carbocycles. The standard InChI is InChI=1S/C24H25N7O3S/c25-20-2-1-16(21(29-20)17-6-10-34-14-17)13-26-12-15-4-8-31(9-5-15)23-27-7-3-18(28-23)11-19-22(32)30-24(33)35-19/h1-3,6-7,10-11,14-15,26H,4-5,8-9,12-13H2,(H2,25,29)(H,30,32,33)/b19-11-. The molecular formula is C24H25N7O3S. The number of imide groups is 1. The first-order valence-electron chi connectivity index (χ1n) is 11.4. The van der Waals surface area contributed by atoms with Gasteiger partial charge >= 0.3 is 0 Å². The van der Waals surface area contributed by atoms with Crippen LogP contribution in [-0.4, -0.2) is 45.7 Å². The van der Waals surface area contributed by atoms with E-state index in [1.165, 1.54) is 0 Å². The summed E-state index contributed by atoms with van der Waals surface area (Å²) in [7, 11) is 0. The molecule has 35 heavy (non-hydrogen) atoms. The Morgan fingerprint density at radius 2 is 2.06 bits per heavy atom.